The van der Waals surface area contributed by atoms with Gasteiger partial charge < -0.3 is 19.9 Å². The molecule has 0 aliphatic heterocycles. The highest BCUT2D eigenvalue weighted by Gasteiger charge is 2.15. The first kappa shape index (κ1) is 21.8. The number of hydrogen-bond acceptors (Lipinski definition) is 5. The summed E-state index contributed by atoms with van der Waals surface area (Å²) in [6.45, 7) is -0.316. The van der Waals surface area contributed by atoms with Crippen molar-refractivity contribution in [3.8, 4) is 22.8 Å². The zero-order chi connectivity index (χ0) is 23.4. The minimum absolute atomic E-state index is 0.143. The molecule has 0 aliphatic carbocycles. The maximum Gasteiger partial charge on any atom is 0.336 e. The molecule has 0 bridgehead atoms. The summed E-state index contributed by atoms with van der Waals surface area (Å²) in [5.41, 5.74) is 2.10. The third-order valence-electron chi connectivity index (χ3n) is 4.87. The lowest BCUT2D eigenvalue weighted by Gasteiger charge is -2.13. The van der Waals surface area contributed by atoms with Crippen molar-refractivity contribution in [2.24, 2.45) is 0 Å². The maximum absolute atomic E-state index is 13.3. The number of aromatic nitrogens is 1. The van der Waals surface area contributed by atoms with Crippen LogP contribution in [0, 0.1) is 5.82 Å². The van der Waals surface area contributed by atoms with Crippen molar-refractivity contribution in [3.05, 3.63) is 84.2 Å². The minimum Gasteiger partial charge on any atom is -0.493 e. The first-order valence-electron chi connectivity index (χ1n) is 9.94. The Morgan fingerprint density at radius 2 is 1.82 bits per heavy atom. The lowest BCUT2D eigenvalue weighted by molar-refractivity contribution is -0.118. The molecule has 33 heavy (non-hydrogen) atoms. The van der Waals surface area contributed by atoms with Crippen molar-refractivity contribution in [3.63, 3.8) is 0 Å². The van der Waals surface area contributed by atoms with Gasteiger partial charge in [-0.05, 0) is 48.5 Å². The summed E-state index contributed by atoms with van der Waals surface area (Å²) in [5, 5.41) is 12.7. The third kappa shape index (κ3) is 4.90. The Morgan fingerprint density at radius 1 is 1.00 bits per heavy atom. The van der Waals surface area contributed by atoms with Crippen LogP contribution in [0.2, 0.25) is 0 Å². The Balaban J connectivity index is 1.56. The normalized spacial score (nSPS) is 10.6. The van der Waals surface area contributed by atoms with Crippen molar-refractivity contribution >= 4 is 28.5 Å². The molecular weight excluding hydrogens is 427 g/mol. The van der Waals surface area contributed by atoms with Crippen molar-refractivity contribution in [2.75, 3.05) is 19.0 Å². The van der Waals surface area contributed by atoms with E-state index in [0.29, 0.717) is 39.3 Å². The number of carboxylic acid groups (broad SMARTS) is 1. The monoisotopic (exact) mass is 446 g/mol. The zero-order valence-electron chi connectivity index (χ0n) is 17.5. The summed E-state index contributed by atoms with van der Waals surface area (Å²) >= 11 is 0. The van der Waals surface area contributed by atoms with Gasteiger partial charge in [0.1, 0.15) is 5.82 Å². The number of nitrogens with zero attached hydrogens (tertiary/aromatic N) is 1. The number of hydrogen-bond donors (Lipinski definition) is 2. The number of pyridine rings is 1. The van der Waals surface area contributed by atoms with E-state index in [2.05, 4.69) is 10.3 Å². The lowest BCUT2D eigenvalue weighted by Crippen LogP contribution is -2.20. The van der Waals surface area contributed by atoms with Crippen molar-refractivity contribution in [1.82, 2.24) is 4.98 Å². The molecule has 0 unspecified atom stereocenters. The van der Waals surface area contributed by atoms with Gasteiger partial charge in [0.15, 0.2) is 18.1 Å². The van der Waals surface area contributed by atoms with Gasteiger partial charge >= 0.3 is 5.97 Å². The van der Waals surface area contributed by atoms with Crippen LogP contribution in [0.1, 0.15) is 10.4 Å². The number of rotatable bonds is 7. The molecule has 8 heteroatoms. The zero-order valence-corrected chi connectivity index (χ0v) is 17.5. The molecule has 1 aromatic heterocycles. The smallest absolute Gasteiger partial charge is 0.336 e. The number of nitrogens with one attached hydrogen (secondary N) is 1. The molecule has 0 atom stereocenters. The molecular formula is C25H19FN2O5. The predicted molar refractivity (Wildman–Crippen MR) is 121 cm³/mol. The second kappa shape index (κ2) is 9.35. The lowest BCUT2D eigenvalue weighted by atomic mass is 10.0. The molecule has 4 aromatic rings. The Hall–Kier alpha value is -4.46. The van der Waals surface area contributed by atoms with Crippen LogP contribution in [0.25, 0.3) is 22.2 Å². The molecule has 0 saturated heterocycles. The van der Waals surface area contributed by atoms with Gasteiger partial charge in [-0.15, -0.1) is 0 Å². The van der Waals surface area contributed by atoms with Gasteiger partial charge in [0, 0.05) is 16.6 Å². The van der Waals surface area contributed by atoms with Crippen LogP contribution in [-0.4, -0.2) is 35.7 Å². The maximum atomic E-state index is 13.3. The standard InChI is InChI=1S/C25H19FN2O5/c1-32-23-11-15(21-13-19(25(30)31)18-7-2-3-8-20(18)28-21)9-10-22(23)33-14-24(29)27-17-6-4-5-16(26)12-17/h2-13H,14H2,1H3,(H,27,29)(H,30,31). The fourth-order valence-electron chi connectivity index (χ4n) is 3.35. The van der Waals surface area contributed by atoms with Gasteiger partial charge in [-0.2, -0.15) is 0 Å². The Morgan fingerprint density at radius 3 is 2.58 bits per heavy atom. The molecule has 166 valence electrons. The van der Waals surface area contributed by atoms with E-state index in [-0.39, 0.29) is 12.2 Å². The number of fused-ring (bicyclic) bond motifs is 1. The molecule has 0 radical (unpaired) electrons. The first-order chi connectivity index (χ1) is 15.9. The topological polar surface area (TPSA) is 97.8 Å². The number of aromatic carboxylic acids is 1. The van der Waals surface area contributed by atoms with E-state index in [0.717, 1.165) is 0 Å². The van der Waals surface area contributed by atoms with Crippen LogP contribution in [0.5, 0.6) is 11.5 Å². The van der Waals surface area contributed by atoms with E-state index in [1.165, 1.54) is 31.4 Å². The number of carboxylic acids is 1. The number of benzene rings is 3. The third-order valence-corrected chi connectivity index (χ3v) is 4.87. The number of para-hydroxylation sites is 1. The molecule has 4 rings (SSSR count). The average Bonchev–Trinajstić information content (AvgIpc) is 2.81. The van der Waals surface area contributed by atoms with Gasteiger partial charge in [0.25, 0.3) is 5.91 Å². The highest BCUT2D eigenvalue weighted by molar-refractivity contribution is 6.03. The minimum atomic E-state index is -1.05. The fraction of sp³-hybridized carbons (Fsp3) is 0.0800. The van der Waals surface area contributed by atoms with Crippen LogP contribution in [-0.2, 0) is 4.79 Å². The second-order valence-corrected chi connectivity index (χ2v) is 7.09. The molecule has 0 aliphatic rings. The molecule has 7 nitrogen and oxygen atoms in total. The summed E-state index contributed by atoms with van der Waals surface area (Å²) in [4.78, 5) is 28.5. The van der Waals surface area contributed by atoms with Gasteiger partial charge in [0.05, 0.1) is 23.9 Å². The van der Waals surface area contributed by atoms with E-state index >= 15 is 0 Å². The Labute approximate surface area is 188 Å². The molecule has 0 spiro atoms. The highest BCUT2D eigenvalue weighted by Crippen LogP contribution is 2.33. The van der Waals surface area contributed by atoms with E-state index < -0.39 is 17.7 Å². The van der Waals surface area contributed by atoms with Crippen molar-refractivity contribution in [2.45, 2.75) is 0 Å². The summed E-state index contributed by atoms with van der Waals surface area (Å²) in [5.74, 6) is -1.31. The number of ether oxygens (including phenoxy) is 2. The predicted octanol–water partition coefficient (Wildman–Crippen LogP) is 4.77. The van der Waals surface area contributed by atoms with Crippen LogP contribution in [0.4, 0.5) is 10.1 Å². The number of amides is 1. The molecule has 0 fully saturated rings. The van der Waals surface area contributed by atoms with Crippen LogP contribution in [0.15, 0.2) is 72.8 Å². The second-order valence-electron chi connectivity index (χ2n) is 7.09. The first-order valence-corrected chi connectivity index (χ1v) is 9.94. The van der Waals surface area contributed by atoms with Crippen LogP contribution >= 0.6 is 0 Å². The Kier molecular flexibility index (Phi) is 6.17. The molecule has 3 aromatic carbocycles. The van der Waals surface area contributed by atoms with Gasteiger partial charge in [0.2, 0.25) is 0 Å². The van der Waals surface area contributed by atoms with E-state index in [9.17, 15) is 19.1 Å². The molecule has 2 N–H and O–H groups in total. The van der Waals surface area contributed by atoms with E-state index in [1.54, 1.807) is 48.5 Å². The summed E-state index contributed by atoms with van der Waals surface area (Å²) < 4.78 is 24.2. The van der Waals surface area contributed by atoms with Crippen LogP contribution < -0.4 is 14.8 Å². The number of methoxy groups -OCH3 is 1. The van der Waals surface area contributed by atoms with Crippen molar-refractivity contribution in [1.29, 1.82) is 0 Å². The van der Waals surface area contributed by atoms with Crippen LogP contribution in [0.3, 0.4) is 0 Å². The average molecular weight is 446 g/mol. The van der Waals surface area contributed by atoms with Crippen molar-refractivity contribution < 1.29 is 28.6 Å². The molecule has 1 amide bonds. The van der Waals surface area contributed by atoms with Gasteiger partial charge in [-0.3, -0.25) is 4.79 Å². The SMILES string of the molecule is COc1cc(-c2cc(C(=O)O)c3ccccc3n2)ccc1OCC(=O)Nc1cccc(F)c1. The number of carbonyl (C=O) groups excluding carboxylic acids is 1. The van der Waals surface area contributed by atoms with Gasteiger partial charge in [-0.25, -0.2) is 14.2 Å². The quantitative estimate of drug-likeness (QED) is 0.425. The van der Waals surface area contributed by atoms with E-state index in [4.69, 9.17) is 9.47 Å². The summed E-state index contributed by atoms with van der Waals surface area (Å²) in [6.07, 6.45) is 0. The number of anilines is 1. The van der Waals surface area contributed by atoms with Gasteiger partial charge in [-0.1, -0.05) is 24.3 Å². The molecule has 1 heterocycles. The fourth-order valence-corrected chi connectivity index (χ4v) is 3.35. The number of carbonyl (C=O) groups is 2. The molecule has 0 saturated carbocycles. The summed E-state index contributed by atoms with van der Waals surface area (Å²) in [7, 11) is 1.45. The Bertz CT molecular complexity index is 1360. The number of halogens is 1. The summed E-state index contributed by atoms with van der Waals surface area (Å²) in [6, 6.07) is 19.0. The van der Waals surface area contributed by atoms with E-state index in [1.807, 2.05) is 0 Å². The highest BCUT2D eigenvalue weighted by atomic mass is 19.1. The largest absolute Gasteiger partial charge is 0.493 e.